The van der Waals surface area contributed by atoms with E-state index in [0.717, 1.165) is 0 Å². The van der Waals surface area contributed by atoms with Crippen LogP contribution in [0.3, 0.4) is 0 Å². The van der Waals surface area contributed by atoms with Crippen LogP contribution in [0.25, 0.3) is 0 Å². The minimum absolute atomic E-state index is 0.00102. The second kappa shape index (κ2) is 6.85. The van der Waals surface area contributed by atoms with Gasteiger partial charge in [0.25, 0.3) is 0 Å². The zero-order valence-electron chi connectivity index (χ0n) is 12.6. The van der Waals surface area contributed by atoms with E-state index in [1.165, 1.54) is 38.1 Å². The average molecular weight is 312 g/mol. The van der Waals surface area contributed by atoms with Crippen LogP contribution in [0.1, 0.15) is 44.5 Å². The van der Waals surface area contributed by atoms with Crippen molar-refractivity contribution < 1.29 is 22.7 Å². The second-order valence-electron chi connectivity index (χ2n) is 4.92. The Labute approximate surface area is 125 Å². The predicted molar refractivity (Wildman–Crippen MR) is 78.9 cm³/mol. The predicted octanol–water partition coefficient (Wildman–Crippen LogP) is 2.39. The fourth-order valence-electron chi connectivity index (χ4n) is 1.59. The van der Waals surface area contributed by atoms with E-state index in [2.05, 4.69) is 0 Å². The highest BCUT2D eigenvalue weighted by atomic mass is 32.2. The molecule has 0 radical (unpaired) electrons. The van der Waals surface area contributed by atoms with Crippen LogP contribution in [-0.4, -0.2) is 31.5 Å². The third-order valence-corrected chi connectivity index (χ3v) is 5.33. The molecule has 0 aromatic heterocycles. The van der Waals surface area contributed by atoms with Crippen LogP contribution in [-0.2, 0) is 19.4 Å². The summed E-state index contributed by atoms with van der Waals surface area (Å²) in [5, 5.41) is -1.28. The number of esters is 1. The molecule has 0 aliphatic heterocycles. The molecule has 116 valence electrons. The molecular formula is C15H20O5S. The van der Waals surface area contributed by atoms with Crippen LogP contribution < -0.4 is 0 Å². The van der Waals surface area contributed by atoms with Crippen LogP contribution >= 0.6 is 0 Å². The van der Waals surface area contributed by atoms with E-state index in [0.29, 0.717) is 12.0 Å². The van der Waals surface area contributed by atoms with Gasteiger partial charge >= 0.3 is 5.97 Å². The molecule has 1 aromatic rings. The topological polar surface area (TPSA) is 77.5 Å². The number of Topliss-reactive ketones (excluding diaryl/α,β-unsaturated/α-hetero) is 1. The first kappa shape index (κ1) is 17.4. The van der Waals surface area contributed by atoms with Gasteiger partial charge in [-0.05, 0) is 39.3 Å². The summed E-state index contributed by atoms with van der Waals surface area (Å²) < 4.78 is 29.7. The smallest absolute Gasteiger partial charge is 0.324 e. The molecule has 21 heavy (non-hydrogen) atoms. The van der Waals surface area contributed by atoms with Crippen molar-refractivity contribution in [1.29, 1.82) is 0 Å². The zero-order valence-corrected chi connectivity index (χ0v) is 13.4. The van der Waals surface area contributed by atoms with Crippen molar-refractivity contribution in [1.82, 2.24) is 0 Å². The highest BCUT2D eigenvalue weighted by Crippen LogP contribution is 2.18. The Hall–Kier alpha value is -1.69. The van der Waals surface area contributed by atoms with Crippen LogP contribution in [0.2, 0.25) is 0 Å². The van der Waals surface area contributed by atoms with E-state index in [9.17, 15) is 18.0 Å². The number of ketones is 1. The highest BCUT2D eigenvalue weighted by Gasteiger charge is 2.31. The van der Waals surface area contributed by atoms with Crippen molar-refractivity contribution in [2.75, 3.05) is 0 Å². The van der Waals surface area contributed by atoms with Gasteiger partial charge < -0.3 is 4.74 Å². The molecule has 1 aromatic carbocycles. The summed E-state index contributed by atoms with van der Waals surface area (Å²) in [5.74, 6) is -0.914. The number of benzene rings is 1. The Bertz CT molecular complexity index is 616. The van der Waals surface area contributed by atoms with E-state index in [4.69, 9.17) is 4.74 Å². The molecule has 0 heterocycles. The maximum atomic E-state index is 12.3. The minimum atomic E-state index is -3.82. The number of rotatable bonds is 6. The standard InChI is InChI=1S/C15H20O5S/c1-5-10(2)20-15(17)12(4)21(18,19)14-8-6-13(7-9-14)11(3)16/h6-10,12H,5H2,1-4H3. The van der Waals surface area contributed by atoms with Gasteiger partial charge in [0, 0.05) is 5.56 Å². The van der Waals surface area contributed by atoms with Gasteiger partial charge in [0.05, 0.1) is 11.0 Å². The number of carbonyl (C=O) groups is 2. The van der Waals surface area contributed by atoms with Crippen LogP contribution in [0.15, 0.2) is 29.2 Å². The summed E-state index contributed by atoms with van der Waals surface area (Å²) in [5.41, 5.74) is 0.420. The van der Waals surface area contributed by atoms with Gasteiger partial charge in [-0.1, -0.05) is 19.1 Å². The second-order valence-corrected chi connectivity index (χ2v) is 7.19. The van der Waals surface area contributed by atoms with Crippen LogP contribution in [0, 0.1) is 0 Å². The van der Waals surface area contributed by atoms with Crippen molar-refractivity contribution >= 4 is 21.6 Å². The third kappa shape index (κ3) is 4.14. The molecule has 6 heteroatoms. The lowest BCUT2D eigenvalue weighted by Crippen LogP contribution is -2.31. The number of hydrogen-bond donors (Lipinski definition) is 0. The molecule has 0 spiro atoms. The summed E-state index contributed by atoms with van der Waals surface area (Å²) in [6.07, 6.45) is 0.293. The number of ether oxygens (including phenoxy) is 1. The van der Waals surface area contributed by atoms with E-state index < -0.39 is 21.1 Å². The van der Waals surface area contributed by atoms with Crippen molar-refractivity contribution in [2.45, 2.75) is 50.4 Å². The summed E-state index contributed by atoms with van der Waals surface area (Å²) in [6, 6.07) is 5.53. The summed E-state index contributed by atoms with van der Waals surface area (Å²) in [7, 11) is -3.82. The Balaban J connectivity index is 2.99. The molecule has 1 rings (SSSR count). The molecule has 2 atom stereocenters. The lowest BCUT2D eigenvalue weighted by Gasteiger charge is -2.16. The molecule has 5 nitrogen and oxygen atoms in total. The fourth-order valence-corrected chi connectivity index (χ4v) is 2.82. The van der Waals surface area contributed by atoms with Crippen molar-refractivity contribution in [3.05, 3.63) is 29.8 Å². The maximum absolute atomic E-state index is 12.3. The molecule has 0 aliphatic rings. The van der Waals surface area contributed by atoms with Gasteiger partial charge in [-0.2, -0.15) is 0 Å². The van der Waals surface area contributed by atoms with Crippen LogP contribution in [0.4, 0.5) is 0 Å². The SMILES string of the molecule is CCC(C)OC(=O)C(C)S(=O)(=O)c1ccc(C(C)=O)cc1. The first-order chi connectivity index (χ1) is 9.70. The first-order valence-corrected chi connectivity index (χ1v) is 8.30. The molecule has 0 amide bonds. The molecule has 0 fully saturated rings. The minimum Gasteiger partial charge on any atom is -0.462 e. The molecule has 0 N–H and O–H groups in total. The number of carbonyl (C=O) groups excluding carboxylic acids is 2. The van der Waals surface area contributed by atoms with Gasteiger partial charge in [0.1, 0.15) is 0 Å². The molecule has 0 aliphatic carbocycles. The van der Waals surface area contributed by atoms with E-state index >= 15 is 0 Å². The Morgan fingerprint density at radius 1 is 1.14 bits per heavy atom. The summed E-state index contributed by atoms with van der Waals surface area (Å²) >= 11 is 0. The van der Waals surface area contributed by atoms with Gasteiger partial charge in [0.15, 0.2) is 20.9 Å². The van der Waals surface area contributed by atoms with E-state index in [-0.39, 0.29) is 16.8 Å². The lowest BCUT2D eigenvalue weighted by molar-refractivity contribution is -0.147. The zero-order chi connectivity index (χ0) is 16.2. The van der Waals surface area contributed by atoms with Gasteiger partial charge in [-0.3, -0.25) is 9.59 Å². The van der Waals surface area contributed by atoms with Crippen molar-refractivity contribution in [2.24, 2.45) is 0 Å². The average Bonchev–Trinajstić information content (AvgIpc) is 2.46. The quantitative estimate of drug-likeness (QED) is 0.595. The molecular weight excluding hydrogens is 292 g/mol. The Morgan fingerprint density at radius 2 is 1.67 bits per heavy atom. The van der Waals surface area contributed by atoms with Gasteiger partial charge in [-0.15, -0.1) is 0 Å². The largest absolute Gasteiger partial charge is 0.462 e. The van der Waals surface area contributed by atoms with Crippen molar-refractivity contribution in [3.63, 3.8) is 0 Å². The molecule has 0 saturated carbocycles. The van der Waals surface area contributed by atoms with Crippen molar-refractivity contribution in [3.8, 4) is 0 Å². The highest BCUT2D eigenvalue weighted by molar-refractivity contribution is 7.92. The first-order valence-electron chi connectivity index (χ1n) is 6.75. The maximum Gasteiger partial charge on any atom is 0.324 e. The van der Waals surface area contributed by atoms with E-state index in [1.54, 1.807) is 6.92 Å². The monoisotopic (exact) mass is 312 g/mol. The van der Waals surface area contributed by atoms with Gasteiger partial charge in [-0.25, -0.2) is 8.42 Å². The molecule has 0 saturated heterocycles. The van der Waals surface area contributed by atoms with Crippen LogP contribution in [0.5, 0.6) is 0 Å². The normalized spacial score (nSPS) is 14.3. The lowest BCUT2D eigenvalue weighted by atomic mass is 10.2. The van der Waals surface area contributed by atoms with E-state index in [1.807, 2.05) is 6.92 Å². The summed E-state index contributed by atoms with van der Waals surface area (Å²) in [4.78, 5) is 23.0. The summed E-state index contributed by atoms with van der Waals surface area (Å²) in [6.45, 7) is 6.26. The number of hydrogen-bond acceptors (Lipinski definition) is 5. The Kier molecular flexibility index (Phi) is 5.66. The Morgan fingerprint density at radius 3 is 2.10 bits per heavy atom. The molecule has 2 unspecified atom stereocenters. The third-order valence-electron chi connectivity index (χ3n) is 3.28. The molecule has 0 bridgehead atoms. The fraction of sp³-hybridized carbons (Fsp3) is 0.467. The van der Waals surface area contributed by atoms with Gasteiger partial charge in [0.2, 0.25) is 0 Å². The number of sulfone groups is 1.